The smallest absolute Gasteiger partial charge is 0.253 e. The molecule has 1 aliphatic heterocycles. The van der Waals surface area contributed by atoms with Crippen LogP contribution in [-0.2, 0) is 0 Å². The number of carbonyl (C=O) groups is 1. The molecular formula is C19H31N3O. The topological polar surface area (TPSA) is 46.1 Å². The van der Waals surface area contributed by atoms with Gasteiger partial charge in [-0.05, 0) is 59.1 Å². The molecule has 1 saturated heterocycles. The van der Waals surface area contributed by atoms with Crippen molar-refractivity contribution >= 4 is 5.91 Å². The third-order valence-corrected chi connectivity index (χ3v) is 5.75. The zero-order valence-corrected chi connectivity index (χ0v) is 14.8. The number of piperidine rings is 1. The Bertz CT molecular complexity index is 557. The van der Waals surface area contributed by atoms with E-state index in [9.17, 15) is 4.79 Å². The number of carbonyl (C=O) groups excluding carboxylic acids is 1. The fraction of sp³-hybridized carbons (Fsp3) is 0.737. The number of hydrogen-bond acceptors (Lipinski definition) is 2. The Morgan fingerprint density at radius 1 is 1.17 bits per heavy atom. The van der Waals surface area contributed by atoms with Crippen LogP contribution in [0.25, 0.3) is 0 Å². The van der Waals surface area contributed by atoms with Gasteiger partial charge < -0.3 is 15.2 Å². The quantitative estimate of drug-likeness (QED) is 0.896. The van der Waals surface area contributed by atoms with E-state index < -0.39 is 0 Å². The molecule has 2 heterocycles. The molecule has 2 atom stereocenters. The molecule has 0 radical (unpaired) electrons. The number of amides is 1. The minimum atomic E-state index is 0.0979. The van der Waals surface area contributed by atoms with Gasteiger partial charge in [-0.1, -0.05) is 19.3 Å². The van der Waals surface area contributed by atoms with Gasteiger partial charge in [0.1, 0.15) is 0 Å². The molecule has 0 bridgehead atoms. The van der Waals surface area contributed by atoms with E-state index in [2.05, 4.69) is 42.0 Å². The first kappa shape index (κ1) is 16.6. The third-order valence-electron chi connectivity index (χ3n) is 5.75. The molecule has 0 spiro atoms. The van der Waals surface area contributed by atoms with Crippen LogP contribution in [-0.4, -0.2) is 29.1 Å². The SMILES string of the molecule is Cc1cc(C(=O)NC2CCCNC2C)c(C)n1C1CCCCC1. The molecule has 3 rings (SSSR count). The molecule has 2 fully saturated rings. The number of hydrogen-bond donors (Lipinski definition) is 2. The molecule has 1 saturated carbocycles. The number of nitrogens with zero attached hydrogens (tertiary/aromatic N) is 1. The highest BCUT2D eigenvalue weighted by Gasteiger charge is 2.26. The Morgan fingerprint density at radius 3 is 2.61 bits per heavy atom. The first-order valence-electron chi connectivity index (χ1n) is 9.30. The van der Waals surface area contributed by atoms with E-state index in [1.807, 2.05) is 0 Å². The summed E-state index contributed by atoms with van der Waals surface area (Å²) in [6.07, 6.45) is 8.69. The molecule has 1 aromatic rings. The summed E-state index contributed by atoms with van der Waals surface area (Å²) in [6, 6.07) is 3.27. The normalized spacial score (nSPS) is 26.2. The van der Waals surface area contributed by atoms with E-state index in [0.717, 1.165) is 30.6 Å². The first-order valence-corrected chi connectivity index (χ1v) is 9.30. The predicted octanol–water partition coefficient (Wildman–Crippen LogP) is 3.48. The van der Waals surface area contributed by atoms with Crippen LogP contribution < -0.4 is 10.6 Å². The summed E-state index contributed by atoms with van der Waals surface area (Å²) in [5.41, 5.74) is 3.24. The molecule has 4 heteroatoms. The van der Waals surface area contributed by atoms with Gasteiger partial charge in [-0.25, -0.2) is 0 Å². The van der Waals surface area contributed by atoms with Crippen molar-refractivity contribution in [1.29, 1.82) is 0 Å². The fourth-order valence-corrected chi connectivity index (χ4v) is 4.40. The van der Waals surface area contributed by atoms with E-state index >= 15 is 0 Å². The fourth-order valence-electron chi connectivity index (χ4n) is 4.40. The predicted molar refractivity (Wildman–Crippen MR) is 94.0 cm³/mol. The zero-order chi connectivity index (χ0) is 16.4. The molecule has 1 aliphatic carbocycles. The summed E-state index contributed by atoms with van der Waals surface area (Å²) < 4.78 is 2.41. The van der Waals surface area contributed by atoms with Gasteiger partial charge in [-0.2, -0.15) is 0 Å². The van der Waals surface area contributed by atoms with Crippen LogP contribution in [0.5, 0.6) is 0 Å². The number of aryl methyl sites for hydroxylation is 1. The minimum absolute atomic E-state index is 0.0979. The van der Waals surface area contributed by atoms with Crippen molar-refractivity contribution in [3.63, 3.8) is 0 Å². The van der Waals surface area contributed by atoms with Crippen molar-refractivity contribution in [2.24, 2.45) is 0 Å². The molecule has 1 amide bonds. The van der Waals surface area contributed by atoms with Gasteiger partial charge in [-0.3, -0.25) is 4.79 Å². The lowest BCUT2D eigenvalue weighted by atomic mass is 9.95. The van der Waals surface area contributed by atoms with E-state index in [0.29, 0.717) is 12.1 Å². The third kappa shape index (κ3) is 3.47. The van der Waals surface area contributed by atoms with Crippen LogP contribution in [0.4, 0.5) is 0 Å². The monoisotopic (exact) mass is 317 g/mol. The van der Waals surface area contributed by atoms with Crippen molar-refractivity contribution < 1.29 is 4.79 Å². The van der Waals surface area contributed by atoms with Gasteiger partial charge >= 0.3 is 0 Å². The minimum Gasteiger partial charge on any atom is -0.348 e. The first-order chi connectivity index (χ1) is 11.1. The standard InChI is InChI=1S/C19H31N3O/c1-13-12-17(15(3)22(13)16-8-5-4-6-9-16)19(23)21-18-10-7-11-20-14(18)2/h12,14,16,18,20H,4-11H2,1-3H3,(H,21,23). The largest absolute Gasteiger partial charge is 0.348 e. The van der Waals surface area contributed by atoms with Crippen molar-refractivity contribution in [2.45, 2.75) is 83.8 Å². The molecule has 2 unspecified atom stereocenters. The molecule has 4 nitrogen and oxygen atoms in total. The van der Waals surface area contributed by atoms with Crippen molar-refractivity contribution in [2.75, 3.05) is 6.54 Å². The lowest BCUT2D eigenvalue weighted by Crippen LogP contribution is -2.51. The number of aromatic nitrogens is 1. The number of nitrogens with one attached hydrogen (secondary N) is 2. The second-order valence-electron chi connectivity index (χ2n) is 7.41. The van der Waals surface area contributed by atoms with Gasteiger partial charge in [-0.15, -0.1) is 0 Å². The zero-order valence-electron chi connectivity index (χ0n) is 14.8. The summed E-state index contributed by atoms with van der Waals surface area (Å²) in [6.45, 7) is 7.47. The van der Waals surface area contributed by atoms with Gasteiger partial charge in [0.05, 0.1) is 5.56 Å². The Labute approximate surface area is 140 Å². The second-order valence-corrected chi connectivity index (χ2v) is 7.41. The molecule has 2 N–H and O–H groups in total. The Kier molecular flexibility index (Phi) is 5.10. The summed E-state index contributed by atoms with van der Waals surface area (Å²) in [5, 5.41) is 6.71. The molecule has 0 aromatic carbocycles. The molecule has 2 aliphatic rings. The van der Waals surface area contributed by atoms with Crippen LogP contribution >= 0.6 is 0 Å². The van der Waals surface area contributed by atoms with E-state index in [-0.39, 0.29) is 11.9 Å². The van der Waals surface area contributed by atoms with Crippen LogP contribution in [0.1, 0.15) is 79.7 Å². The van der Waals surface area contributed by atoms with Crippen molar-refractivity contribution in [3.8, 4) is 0 Å². The van der Waals surface area contributed by atoms with Gasteiger partial charge in [0.25, 0.3) is 5.91 Å². The molecule has 1 aromatic heterocycles. The Hall–Kier alpha value is -1.29. The maximum Gasteiger partial charge on any atom is 0.253 e. The average Bonchev–Trinajstić information content (AvgIpc) is 2.85. The molecule has 23 heavy (non-hydrogen) atoms. The van der Waals surface area contributed by atoms with E-state index in [1.165, 1.54) is 37.8 Å². The summed E-state index contributed by atoms with van der Waals surface area (Å²) in [4.78, 5) is 12.8. The maximum atomic E-state index is 12.8. The van der Waals surface area contributed by atoms with Crippen molar-refractivity contribution in [1.82, 2.24) is 15.2 Å². The van der Waals surface area contributed by atoms with Gasteiger partial charge in [0, 0.05) is 29.5 Å². The van der Waals surface area contributed by atoms with Crippen molar-refractivity contribution in [3.05, 3.63) is 23.0 Å². The maximum absolute atomic E-state index is 12.8. The highest BCUT2D eigenvalue weighted by atomic mass is 16.1. The molecular weight excluding hydrogens is 286 g/mol. The average molecular weight is 317 g/mol. The van der Waals surface area contributed by atoms with Crippen LogP contribution in [0.15, 0.2) is 6.07 Å². The lowest BCUT2D eigenvalue weighted by Gasteiger charge is -2.30. The van der Waals surface area contributed by atoms with Crippen LogP contribution in [0.2, 0.25) is 0 Å². The summed E-state index contributed by atoms with van der Waals surface area (Å²) >= 11 is 0. The Morgan fingerprint density at radius 2 is 1.91 bits per heavy atom. The van der Waals surface area contributed by atoms with Gasteiger partial charge in [0.2, 0.25) is 0 Å². The van der Waals surface area contributed by atoms with Crippen LogP contribution in [0, 0.1) is 13.8 Å². The van der Waals surface area contributed by atoms with E-state index in [4.69, 9.17) is 0 Å². The lowest BCUT2D eigenvalue weighted by molar-refractivity contribution is 0.0919. The van der Waals surface area contributed by atoms with Gasteiger partial charge in [0.15, 0.2) is 0 Å². The molecule has 128 valence electrons. The number of rotatable bonds is 3. The highest BCUT2D eigenvalue weighted by molar-refractivity contribution is 5.96. The second kappa shape index (κ2) is 7.08. The Balaban J connectivity index is 1.75. The van der Waals surface area contributed by atoms with E-state index in [1.54, 1.807) is 0 Å². The summed E-state index contributed by atoms with van der Waals surface area (Å²) in [5.74, 6) is 0.0979. The highest BCUT2D eigenvalue weighted by Crippen LogP contribution is 2.32. The summed E-state index contributed by atoms with van der Waals surface area (Å²) in [7, 11) is 0. The van der Waals surface area contributed by atoms with Crippen LogP contribution in [0.3, 0.4) is 0 Å².